The lowest BCUT2D eigenvalue weighted by Gasteiger charge is -2.19. The fourth-order valence-corrected chi connectivity index (χ4v) is 1.60. The summed E-state index contributed by atoms with van der Waals surface area (Å²) < 4.78 is 4.80. The molecule has 1 unspecified atom stereocenters. The molecule has 0 bridgehead atoms. The lowest BCUT2D eigenvalue weighted by atomic mass is 10.1. The number of rotatable bonds is 9. The van der Waals surface area contributed by atoms with Crippen molar-refractivity contribution in [2.45, 2.75) is 26.4 Å². The number of amides is 3. The SMILES string of the molecule is COCC(O)CN(C)CC(=O)NC(=O)NCCC(C)C. The molecule has 0 aliphatic rings. The minimum Gasteiger partial charge on any atom is -0.389 e. The first-order valence-corrected chi connectivity index (χ1v) is 6.78. The number of nitrogens with one attached hydrogen (secondary N) is 2. The van der Waals surface area contributed by atoms with E-state index in [4.69, 9.17) is 4.74 Å². The number of hydrogen-bond donors (Lipinski definition) is 3. The highest BCUT2D eigenvalue weighted by atomic mass is 16.5. The van der Waals surface area contributed by atoms with Gasteiger partial charge < -0.3 is 15.2 Å². The number of methoxy groups -OCH3 is 1. The van der Waals surface area contributed by atoms with E-state index in [0.29, 0.717) is 19.0 Å². The summed E-state index contributed by atoms with van der Waals surface area (Å²) in [5.41, 5.74) is 0. The van der Waals surface area contributed by atoms with E-state index in [1.54, 1.807) is 11.9 Å². The monoisotopic (exact) mass is 289 g/mol. The average molecular weight is 289 g/mol. The summed E-state index contributed by atoms with van der Waals surface area (Å²) in [7, 11) is 3.19. The predicted octanol–water partition coefficient (Wildman–Crippen LogP) is -0.203. The van der Waals surface area contributed by atoms with Gasteiger partial charge in [-0.2, -0.15) is 0 Å². The van der Waals surface area contributed by atoms with Gasteiger partial charge in [0.2, 0.25) is 5.91 Å². The van der Waals surface area contributed by atoms with Gasteiger partial charge in [-0.15, -0.1) is 0 Å². The van der Waals surface area contributed by atoms with Gasteiger partial charge in [-0.1, -0.05) is 13.8 Å². The van der Waals surface area contributed by atoms with Crippen molar-refractivity contribution >= 4 is 11.9 Å². The zero-order valence-corrected chi connectivity index (χ0v) is 12.8. The third-order valence-electron chi connectivity index (χ3n) is 2.56. The zero-order chi connectivity index (χ0) is 15.5. The van der Waals surface area contributed by atoms with Crippen LogP contribution < -0.4 is 10.6 Å². The van der Waals surface area contributed by atoms with Crippen LogP contribution in [0.2, 0.25) is 0 Å². The average Bonchev–Trinajstić information content (AvgIpc) is 2.27. The summed E-state index contributed by atoms with van der Waals surface area (Å²) in [5, 5.41) is 14.4. The van der Waals surface area contributed by atoms with Gasteiger partial charge in [0.05, 0.1) is 19.3 Å². The fraction of sp³-hybridized carbons (Fsp3) is 0.846. The Balaban J connectivity index is 3.83. The predicted molar refractivity (Wildman–Crippen MR) is 76.4 cm³/mol. The summed E-state index contributed by atoms with van der Waals surface area (Å²) in [5.74, 6) is 0.0959. The molecule has 0 aliphatic heterocycles. The van der Waals surface area contributed by atoms with Crippen LogP contribution in [0.25, 0.3) is 0 Å². The molecule has 0 aromatic heterocycles. The van der Waals surface area contributed by atoms with Crippen LogP contribution in [0.15, 0.2) is 0 Å². The number of nitrogens with zero attached hydrogens (tertiary/aromatic N) is 1. The Morgan fingerprint density at radius 3 is 2.55 bits per heavy atom. The van der Waals surface area contributed by atoms with E-state index in [0.717, 1.165) is 6.42 Å². The number of urea groups is 1. The number of imide groups is 1. The van der Waals surface area contributed by atoms with Crippen LogP contribution in [0.3, 0.4) is 0 Å². The van der Waals surface area contributed by atoms with E-state index < -0.39 is 18.0 Å². The molecule has 1 atom stereocenters. The third-order valence-corrected chi connectivity index (χ3v) is 2.56. The molecule has 0 aliphatic carbocycles. The third kappa shape index (κ3) is 10.7. The van der Waals surface area contributed by atoms with E-state index in [1.165, 1.54) is 7.11 Å². The Morgan fingerprint density at radius 1 is 1.35 bits per heavy atom. The number of carbonyl (C=O) groups is 2. The number of carbonyl (C=O) groups excluding carboxylic acids is 2. The summed E-state index contributed by atoms with van der Waals surface area (Å²) >= 11 is 0. The number of likely N-dealkylation sites (N-methyl/N-ethyl adjacent to an activating group) is 1. The van der Waals surface area contributed by atoms with Crippen LogP contribution in [0.4, 0.5) is 4.79 Å². The lowest BCUT2D eigenvalue weighted by molar-refractivity contribution is -0.121. The Kier molecular flexibility index (Phi) is 9.96. The van der Waals surface area contributed by atoms with Crippen LogP contribution in [0.1, 0.15) is 20.3 Å². The highest BCUT2D eigenvalue weighted by molar-refractivity contribution is 5.95. The van der Waals surface area contributed by atoms with E-state index in [2.05, 4.69) is 24.5 Å². The largest absolute Gasteiger partial charge is 0.389 e. The van der Waals surface area contributed by atoms with Crippen LogP contribution in [-0.4, -0.2) is 68.4 Å². The molecule has 7 heteroatoms. The Labute approximate surface area is 120 Å². The lowest BCUT2D eigenvalue weighted by Crippen LogP contribution is -2.45. The Hall–Kier alpha value is -1.18. The summed E-state index contributed by atoms with van der Waals surface area (Å²) in [6.07, 6.45) is 0.211. The summed E-state index contributed by atoms with van der Waals surface area (Å²) in [6.45, 7) is 5.21. The molecule has 20 heavy (non-hydrogen) atoms. The standard InChI is InChI=1S/C13H27N3O4/c1-10(2)5-6-14-13(19)15-12(18)8-16(3)7-11(17)9-20-4/h10-11,17H,5-9H2,1-4H3,(H2,14,15,18,19). The molecule has 0 aromatic carbocycles. The second-order valence-electron chi connectivity index (χ2n) is 5.29. The molecule has 0 fully saturated rings. The van der Waals surface area contributed by atoms with Crippen LogP contribution in [0, 0.1) is 5.92 Å². The summed E-state index contributed by atoms with van der Waals surface area (Å²) in [4.78, 5) is 24.6. The number of aliphatic hydroxyl groups excluding tert-OH is 1. The van der Waals surface area contributed by atoms with Crippen molar-refractivity contribution in [3.63, 3.8) is 0 Å². The van der Waals surface area contributed by atoms with Gasteiger partial charge in [0, 0.05) is 20.2 Å². The zero-order valence-electron chi connectivity index (χ0n) is 12.8. The van der Waals surface area contributed by atoms with Gasteiger partial charge in [-0.25, -0.2) is 4.79 Å². The number of hydrogen-bond acceptors (Lipinski definition) is 5. The van der Waals surface area contributed by atoms with Crippen molar-refractivity contribution in [3.05, 3.63) is 0 Å². The molecule has 118 valence electrons. The van der Waals surface area contributed by atoms with Gasteiger partial charge in [0.1, 0.15) is 0 Å². The minimum absolute atomic E-state index is 0.0401. The molecule has 0 spiro atoms. The Morgan fingerprint density at radius 2 is 2.00 bits per heavy atom. The van der Waals surface area contributed by atoms with E-state index in [1.807, 2.05) is 0 Å². The van der Waals surface area contributed by atoms with Crippen molar-refractivity contribution in [3.8, 4) is 0 Å². The van der Waals surface area contributed by atoms with Crippen molar-refractivity contribution in [1.29, 1.82) is 0 Å². The van der Waals surface area contributed by atoms with Crippen molar-refractivity contribution in [2.24, 2.45) is 5.92 Å². The maximum Gasteiger partial charge on any atom is 0.321 e. The molecule has 3 amide bonds. The van der Waals surface area contributed by atoms with Crippen LogP contribution >= 0.6 is 0 Å². The molecule has 0 heterocycles. The maximum absolute atomic E-state index is 11.6. The second kappa shape index (κ2) is 10.6. The molecular formula is C13H27N3O4. The van der Waals surface area contributed by atoms with E-state index in [-0.39, 0.29) is 13.2 Å². The summed E-state index contributed by atoms with van der Waals surface area (Å²) in [6, 6.07) is -0.485. The van der Waals surface area contributed by atoms with E-state index in [9.17, 15) is 14.7 Å². The topological polar surface area (TPSA) is 90.9 Å². The maximum atomic E-state index is 11.6. The first kappa shape index (κ1) is 18.8. The first-order chi connectivity index (χ1) is 9.35. The first-order valence-electron chi connectivity index (χ1n) is 6.78. The van der Waals surface area contributed by atoms with Gasteiger partial charge in [-0.05, 0) is 19.4 Å². The fourth-order valence-electron chi connectivity index (χ4n) is 1.60. The van der Waals surface area contributed by atoms with Crippen molar-refractivity contribution in [1.82, 2.24) is 15.5 Å². The van der Waals surface area contributed by atoms with Crippen LogP contribution in [-0.2, 0) is 9.53 Å². The minimum atomic E-state index is -0.655. The molecule has 0 radical (unpaired) electrons. The van der Waals surface area contributed by atoms with Gasteiger partial charge in [0.25, 0.3) is 0 Å². The smallest absolute Gasteiger partial charge is 0.321 e. The van der Waals surface area contributed by atoms with Crippen molar-refractivity contribution in [2.75, 3.05) is 40.4 Å². The van der Waals surface area contributed by atoms with Gasteiger partial charge in [-0.3, -0.25) is 15.0 Å². The number of aliphatic hydroxyl groups is 1. The number of ether oxygens (including phenoxy) is 1. The normalized spacial score (nSPS) is 12.6. The highest BCUT2D eigenvalue weighted by Crippen LogP contribution is 1.96. The molecular weight excluding hydrogens is 262 g/mol. The molecule has 0 rings (SSSR count). The van der Waals surface area contributed by atoms with Crippen LogP contribution in [0.5, 0.6) is 0 Å². The van der Waals surface area contributed by atoms with Gasteiger partial charge >= 0.3 is 6.03 Å². The molecule has 3 N–H and O–H groups in total. The molecule has 0 saturated heterocycles. The molecule has 0 saturated carbocycles. The second-order valence-corrected chi connectivity index (χ2v) is 5.29. The molecule has 0 aromatic rings. The van der Waals surface area contributed by atoms with Crippen molar-refractivity contribution < 1.29 is 19.4 Å². The highest BCUT2D eigenvalue weighted by Gasteiger charge is 2.13. The Bertz CT molecular complexity index is 297. The van der Waals surface area contributed by atoms with Gasteiger partial charge in [0.15, 0.2) is 0 Å². The molecule has 7 nitrogen and oxygen atoms in total. The quantitative estimate of drug-likeness (QED) is 0.547. The van der Waals surface area contributed by atoms with E-state index >= 15 is 0 Å².